The van der Waals surface area contributed by atoms with E-state index in [1.807, 2.05) is 11.8 Å². The van der Waals surface area contributed by atoms with Crippen LogP contribution < -0.4 is 0 Å². The highest BCUT2D eigenvalue weighted by Gasteiger charge is 2.33. The van der Waals surface area contributed by atoms with Crippen molar-refractivity contribution < 1.29 is 14.7 Å². The van der Waals surface area contributed by atoms with Gasteiger partial charge >= 0.3 is 12.0 Å². The Bertz CT molecular complexity index is 333. The van der Waals surface area contributed by atoms with Gasteiger partial charge in [0, 0.05) is 25.7 Å². The summed E-state index contributed by atoms with van der Waals surface area (Å²) < 4.78 is 0. The second-order valence-corrected chi connectivity index (χ2v) is 5.72. The summed E-state index contributed by atoms with van der Waals surface area (Å²) in [5, 5.41) is 8.73. The maximum absolute atomic E-state index is 12.5. The third kappa shape index (κ3) is 4.11. The van der Waals surface area contributed by atoms with Crippen LogP contribution in [0, 0.1) is 11.8 Å². The number of hydrogen-bond donors (Lipinski definition) is 1. The summed E-state index contributed by atoms with van der Waals surface area (Å²) >= 11 is 0. The van der Waals surface area contributed by atoms with Crippen molar-refractivity contribution >= 4 is 12.0 Å². The zero-order valence-electron chi connectivity index (χ0n) is 12.4. The Morgan fingerprint density at radius 2 is 1.95 bits per heavy atom. The molecule has 3 unspecified atom stereocenters. The van der Waals surface area contributed by atoms with Gasteiger partial charge < -0.3 is 14.9 Å². The minimum absolute atomic E-state index is 0.00685. The maximum atomic E-state index is 12.5. The average molecular weight is 270 g/mol. The average Bonchev–Trinajstić information content (AvgIpc) is 2.33. The van der Waals surface area contributed by atoms with E-state index in [0.29, 0.717) is 18.4 Å². The monoisotopic (exact) mass is 270 g/mol. The molecular weight excluding hydrogens is 244 g/mol. The number of hydrogen-bond acceptors (Lipinski definition) is 2. The first kappa shape index (κ1) is 15.8. The second kappa shape index (κ2) is 6.78. The number of carboxylic acid groups (broad SMARTS) is 1. The molecule has 110 valence electrons. The summed E-state index contributed by atoms with van der Waals surface area (Å²) in [7, 11) is 0. The summed E-state index contributed by atoms with van der Waals surface area (Å²) in [6.45, 7) is 9.92. The van der Waals surface area contributed by atoms with Crippen molar-refractivity contribution in [2.24, 2.45) is 11.8 Å². The van der Waals surface area contributed by atoms with Crippen LogP contribution >= 0.6 is 0 Å². The van der Waals surface area contributed by atoms with Crippen LogP contribution in [-0.4, -0.2) is 52.6 Å². The predicted octanol–water partition coefficient (Wildman–Crippen LogP) is 2.27. The molecule has 0 saturated carbocycles. The highest BCUT2D eigenvalue weighted by Crippen LogP contribution is 2.27. The largest absolute Gasteiger partial charge is 0.481 e. The fourth-order valence-electron chi connectivity index (χ4n) is 2.77. The molecule has 1 aliphatic rings. The summed E-state index contributed by atoms with van der Waals surface area (Å²) in [6.07, 6.45) is 1.15. The third-order valence-electron chi connectivity index (χ3n) is 4.09. The maximum Gasteiger partial charge on any atom is 0.320 e. The van der Waals surface area contributed by atoms with Gasteiger partial charge in [0.15, 0.2) is 0 Å². The molecular formula is C14H26N2O3. The molecule has 1 fully saturated rings. The van der Waals surface area contributed by atoms with E-state index >= 15 is 0 Å². The zero-order valence-corrected chi connectivity index (χ0v) is 12.4. The second-order valence-electron chi connectivity index (χ2n) is 5.72. The first-order valence-electron chi connectivity index (χ1n) is 7.14. The van der Waals surface area contributed by atoms with E-state index in [1.165, 1.54) is 0 Å². The smallest absolute Gasteiger partial charge is 0.320 e. The fraction of sp³-hybridized carbons (Fsp3) is 0.857. The van der Waals surface area contributed by atoms with Crippen molar-refractivity contribution in [2.75, 3.05) is 19.6 Å². The van der Waals surface area contributed by atoms with Gasteiger partial charge in [-0.25, -0.2) is 4.79 Å². The first-order valence-corrected chi connectivity index (χ1v) is 7.14. The number of carboxylic acids is 1. The van der Waals surface area contributed by atoms with Crippen molar-refractivity contribution in [3.8, 4) is 0 Å². The van der Waals surface area contributed by atoms with Gasteiger partial charge in [0.25, 0.3) is 0 Å². The van der Waals surface area contributed by atoms with E-state index in [-0.39, 0.29) is 25.0 Å². The van der Waals surface area contributed by atoms with E-state index in [4.69, 9.17) is 5.11 Å². The van der Waals surface area contributed by atoms with Crippen LogP contribution in [0.4, 0.5) is 4.79 Å². The Morgan fingerprint density at radius 1 is 1.32 bits per heavy atom. The number of nitrogens with zero attached hydrogens (tertiary/aromatic N) is 2. The molecule has 0 bridgehead atoms. The molecule has 2 amide bonds. The zero-order chi connectivity index (χ0) is 14.6. The number of carbonyl (C=O) groups is 2. The van der Waals surface area contributed by atoms with Crippen LogP contribution in [0.1, 0.15) is 40.5 Å². The molecule has 1 saturated heterocycles. The minimum Gasteiger partial charge on any atom is -0.481 e. The van der Waals surface area contributed by atoms with Gasteiger partial charge in [-0.15, -0.1) is 0 Å². The lowest BCUT2D eigenvalue weighted by Crippen LogP contribution is -2.54. The van der Waals surface area contributed by atoms with Gasteiger partial charge in [-0.1, -0.05) is 13.8 Å². The summed E-state index contributed by atoms with van der Waals surface area (Å²) in [6, 6.07) is 0.206. The van der Waals surface area contributed by atoms with Crippen molar-refractivity contribution in [2.45, 2.75) is 46.6 Å². The van der Waals surface area contributed by atoms with Crippen LogP contribution in [0.5, 0.6) is 0 Å². The number of likely N-dealkylation sites (tertiary alicyclic amines) is 1. The molecule has 1 N–H and O–H groups in total. The van der Waals surface area contributed by atoms with Crippen LogP contribution in [0.15, 0.2) is 0 Å². The molecule has 0 radical (unpaired) electrons. The topological polar surface area (TPSA) is 60.9 Å². The normalized spacial score (nSPS) is 27.2. The molecule has 1 heterocycles. The summed E-state index contributed by atoms with van der Waals surface area (Å²) in [5.41, 5.74) is 0. The lowest BCUT2D eigenvalue weighted by molar-refractivity contribution is -0.137. The highest BCUT2D eigenvalue weighted by molar-refractivity contribution is 5.76. The lowest BCUT2D eigenvalue weighted by Gasteiger charge is -2.43. The van der Waals surface area contributed by atoms with Gasteiger partial charge in [0.1, 0.15) is 0 Å². The summed E-state index contributed by atoms with van der Waals surface area (Å²) in [5.74, 6) is 0.138. The predicted molar refractivity (Wildman–Crippen MR) is 74.0 cm³/mol. The Balaban J connectivity index is 2.69. The number of amides is 2. The molecule has 19 heavy (non-hydrogen) atoms. The minimum atomic E-state index is -0.861. The molecule has 0 aliphatic carbocycles. The van der Waals surface area contributed by atoms with Crippen LogP contribution in [-0.2, 0) is 4.79 Å². The lowest BCUT2D eigenvalue weighted by atomic mass is 9.86. The molecule has 5 heteroatoms. The molecule has 0 aromatic carbocycles. The molecule has 1 rings (SSSR count). The number of carbonyl (C=O) groups excluding carboxylic acids is 1. The fourth-order valence-corrected chi connectivity index (χ4v) is 2.77. The first-order chi connectivity index (χ1) is 8.86. The van der Waals surface area contributed by atoms with Crippen molar-refractivity contribution in [3.63, 3.8) is 0 Å². The van der Waals surface area contributed by atoms with Crippen molar-refractivity contribution in [1.82, 2.24) is 9.80 Å². The Morgan fingerprint density at radius 3 is 2.47 bits per heavy atom. The highest BCUT2D eigenvalue weighted by atomic mass is 16.4. The van der Waals surface area contributed by atoms with Crippen LogP contribution in [0.25, 0.3) is 0 Å². The van der Waals surface area contributed by atoms with E-state index in [1.54, 1.807) is 4.90 Å². The summed E-state index contributed by atoms with van der Waals surface area (Å²) in [4.78, 5) is 26.7. The van der Waals surface area contributed by atoms with Gasteiger partial charge in [0.05, 0.1) is 6.42 Å². The van der Waals surface area contributed by atoms with Crippen molar-refractivity contribution in [1.29, 1.82) is 0 Å². The molecule has 1 aliphatic heterocycles. The van der Waals surface area contributed by atoms with Gasteiger partial charge in [0.2, 0.25) is 0 Å². The Labute approximate surface area is 115 Å². The molecule has 3 atom stereocenters. The Hall–Kier alpha value is -1.26. The number of rotatable bonds is 4. The molecule has 0 spiro atoms. The Kier molecular flexibility index (Phi) is 5.63. The van der Waals surface area contributed by atoms with Crippen LogP contribution in [0.2, 0.25) is 0 Å². The van der Waals surface area contributed by atoms with Crippen molar-refractivity contribution in [3.05, 3.63) is 0 Å². The van der Waals surface area contributed by atoms with E-state index in [2.05, 4.69) is 20.8 Å². The van der Waals surface area contributed by atoms with Gasteiger partial charge in [-0.2, -0.15) is 0 Å². The molecule has 5 nitrogen and oxygen atoms in total. The van der Waals surface area contributed by atoms with Gasteiger partial charge in [-0.3, -0.25) is 4.79 Å². The number of piperidine rings is 1. The molecule has 0 aromatic heterocycles. The third-order valence-corrected chi connectivity index (χ3v) is 4.09. The van der Waals surface area contributed by atoms with Gasteiger partial charge in [-0.05, 0) is 32.1 Å². The van der Waals surface area contributed by atoms with E-state index < -0.39 is 5.97 Å². The van der Waals surface area contributed by atoms with Crippen LogP contribution in [0.3, 0.4) is 0 Å². The van der Waals surface area contributed by atoms with E-state index in [0.717, 1.165) is 13.0 Å². The SMILES string of the molecule is CCN(CCC(=O)O)C(=O)N1CC(C)CC(C)C1C. The quantitative estimate of drug-likeness (QED) is 0.852. The molecule has 0 aromatic rings. The van der Waals surface area contributed by atoms with E-state index in [9.17, 15) is 9.59 Å². The number of urea groups is 1. The standard InChI is InChI=1S/C14H26N2O3/c1-5-15(7-6-13(17)18)14(19)16-9-10(2)8-11(3)12(16)4/h10-12H,5-9H2,1-4H3,(H,17,18). The number of aliphatic carboxylic acids is 1.